The summed E-state index contributed by atoms with van der Waals surface area (Å²) in [5.74, 6) is 4.57. The molecule has 1 aliphatic rings. The molecule has 1 fully saturated rings. The van der Waals surface area contributed by atoms with Gasteiger partial charge in [0.2, 0.25) is 0 Å². The summed E-state index contributed by atoms with van der Waals surface area (Å²) in [5, 5.41) is 0. The van der Waals surface area contributed by atoms with E-state index in [4.69, 9.17) is 6.42 Å². The summed E-state index contributed by atoms with van der Waals surface area (Å²) in [6, 6.07) is 8.08. The van der Waals surface area contributed by atoms with Crippen molar-refractivity contribution in [3.05, 3.63) is 35.4 Å². The van der Waals surface area contributed by atoms with Crippen molar-refractivity contribution >= 4 is 22.9 Å². The van der Waals surface area contributed by atoms with Crippen molar-refractivity contribution in [1.82, 2.24) is 0 Å². The second kappa shape index (κ2) is 6.74. The number of benzene rings is 1. The smallest absolute Gasteiger partial charge is 0.195 e. The van der Waals surface area contributed by atoms with Gasteiger partial charge in [-0.15, -0.1) is 6.42 Å². The molecule has 0 saturated carbocycles. The van der Waals surface area contributed by atoms with E-state index in [2.05, 4.69) is 25.0 Å². The Morgan fingerprint density at radius 3 is 2.74 bits per heavy atom. The molecule has 0 N–H and O–H groups in total. The third-order valence-corrected chi connectivity index (χ3v) is 7.67. The fourth-order valence-electron chi connectivity index (χ4n) is 2.43. The third kappa shape index (κ3) is 3.13. The summed E-state index contributed by atoms with van der Waals surface area (Å²) in [5.41, 5.74) is 2.07. The zero-order valence-electron chi connectivity index (χ0n) is 11.4. The van der Waals surface area contributed by atoms with Crippen molar-refractivity contribution in [3.63, 3.8) is 0 Å². The number of hydrogen-bond donors (Lipinski definition) is 0. The van der Waals surface area contributed by atoms with Crippen LogP contribution in [0.5, 0.6) is 0 Å². The summed E-state index contributed by atoms with van der Waals surface area (Å²) in [7, 11) is 0. The molecular formula is C16H20OS2. The van der Waals surface area contributed by atoms with Gasteiger partial charge in [0.25, 0.3) is 0 Å². The van der Waals surface area contributed by atoms with Crippen molar-refractivity contribution in [1.29, 1.82) is 0 Å². The Morgan fingerprint density at radius 1 is 1.42 bits per heavy atom. The molecule has 19 heavy (non-hydrogen) atoms. The quantitative estimate of drug-likeness (QED) is 0.620. The van der Waals surface area contributed by atoms with Gasteiger partial charge >= 0.3 is 0 Å². The molecule has 0 amide bonds. The van der Waals surface area contributed by atoms with Crippen LogP contribution < -0.4 is 0 Å². The molecule has 0 spiro atoms. The molecule has 1 aromatic rings. The van der Waals surface area contributed by atoms with Gasteiger partial charge in [-0.2, -0.15) is 0 Å². The highest BCUT2D eigenvalue weighted by molar-refractivity contribution is 8.14. The Balaban J connectivity index is 2.32. The van der Waals surface area contributed by atoms with E-state index in [0.29, 0.717) is 0 Å². The fraction of sp³-hybridized carbons (Fsp3) is 0.500. The second-order valence-corrected chi connectivity index (χ2v) is 8.28. The molecule has 1 aromatic carbocycles. The van der Waals surface area contributed by atoms with Crippen LogP contribution in [0.4, 0.5) is 0 Å². The topological polar surface area (TPSA) is 23.1 Å². The van der Waals surface area contributed by atoms with Crippen molar-refractivity contribution < 1.29 is 4.55 Å². The molecule has 3 heteroatoms. The lowest BCUT2D eigenvalue weighted by Gasteiger charge is -2.38. The van der Waals surface area contributed by atoms with Crippen LogP contribution in [-0.4, -0.2) is 16.1 Å². The van der Waals surface area contributed by atoms with Gasteiger partial charge in [0.05, 0.1) is 0 Å². The molecule has 1 nitrogen and oxygen atoms in total. The van der Waals surface area contributed by atoms with Crippen molar-refractivity contribution in [2.45, 2.75) is 36.7 Å². The first-order valence-corrected chi connectivity index (χ1v) is 9.13. The number of unbranched alkanes of at least 4 members (excludes halogenated alkanes) is 1. The maximum Gasteiger partial charge on any atom is 0.195 e. The minimum atomic E-state index is -0.786. The molecule has 0 aliphatic carbocycles. The Labute approximate surface area is 123 Å². The highest BCUT2D eigenvalue weighted by atomic mass is 32.3. The summed E-state index contributed by atoms with van der Waals surface area (Å²) < 4.78 is 12.4. The molecule has 102 valence electrons. The number of thioether (sulfide) groups is 1. The fourth-order valence-corrected chi connectivity index (χ4v) is 6.36. The largest absolute Gasteiger partial charge is 0.615 e. The van der Waals surface area contributed by atoms with Gasteiger partial charge in [-0.25, -0.2) is 0 Å². The molecule has 1 heterocycles. The number of hydrogen-bond acceptors (Lipinski definition) is 2. The lowest BCUT2D eigenvalue weighted by atomic mass is 10.0. The minimum Gasteiger partial charge on any atom is -0.615 e. The van der Waals surface area contributed by atoms with Crippen LogP contribution in [0.1, 0.15) is 43.7 Å². The van der Waals surface area contributed by atoms with E-state index < -0.39 is 11.2 Å². The van der Waals surface area contributed by atoms with Gasteiger partial charge in [-0.1, -0.05) is 43.2 Å². The lowest BCUT2D eigenvalue weighted by molar-refractivity contribution is 0.550. The van der Waals surface area contributed by atoms with Crippen LogP contribution in [0.15, 0.2) is 24.3 Å². The predicted octanol–water partition coefficient (Wildman–Crippen LogP) is 3.90. The van der Waals surface area contributed by atoms with Gasteiger partial charge in [0, 0.05) is 29.7 Å². The van der Waals surface area contributed by atoms with E-state index in [1.807, 2.05) is 23.9 Å². The molecule has 0 aromatic heterocycles. The standard InChI is InChI=1S/C16H20OS2/c1-3-5-11-16(18-12-6-13-19(16)17)15-9-7-14(4-2)8-10-15/h2,7-10H,3,5-6,11-13H2,1H3. The van der Waals surface area contributed by atoms with Gasteiger partial charge < -0.3 is 4.55 Å². The van der Waals surface area contributed by atoms with Crippen LogP contribution in [-0.2, 0) is 15.3 Å². The zero-order valence-corrected chi connectivity index (χ0v) is 13.0. The van der Waals surface area contributed by atoms with E-state index in [0.717, 1.165) is 42.8 Å². The van der Waals surface area contributed by atoms with Crippen molar-refractivity contribution in [3.8, 4) is 12.3 Å². The first-order valence-electron chi connectivity index (χ1n) is 6.82. The van der Waals surface area contributed by atoms with Gasteiger partial charge in [-0.05, 0) is 29.7 Å². The predicted molar refractivity (Wildman–Crippen MR) is 85.7 cm³/mol. The maximum absolute atomic E-state index is 12.6. The number of rotatable bonds is 4. The van der Waals surface area contributed by atoms with Gasteiger partial charge in [-0.3, -0.25) is 0 Å². The second-order valence-electron chi connectivity index (χ2n) is 4.83. The molecule has 2 unspecified atom stereocenters. The van der Waals surface area contributed by atoms with Crippen LogP contribution in [0.25, 0.3) is 0 Å². The third-order valence-electron chi connectivity index (χ3n) is 3.53. The van der Waals surface area contributed by atoms with E-state index >= 15 is 0 Å². The average molecular weight is 292 g/mol. The van der Waals surface area contributed by atoms with Crippen molar-refractivity contribution in [2.24, 2.45) is 0 Å². The summed E-state index contributed by atoms with van der Waals surface area (Å²) >= 11 is 1.09. The minimum absolute atomic E-state index is 0.207. The molecule has 2 rings (SSSR count). The zero-order chi connectivity index (χ0) is 13.7. The first-order chi connectivity index (χ1) is 9.23. The summed E-state index contributed by atoms with van der Waals surface area (Å²) in [6.07, 6.45) is 9.72. The average Bonchev–Trinajstić information content (AvgIpc) is 2.47. The Kier molecular flexibility index (Phi) is 5.27. The van der Waals surface area contributed by atoms with Crippen LogP contribution in [0, 0.1) is 12.3 Å². The highest BCUT2D eigenvalue weighted by Gasteiger charge is 2.46. The molecule has 1 saturated heterocycles. The lowest BCUT2D eigenvalue weighted by Crippen LogP contribution is -2.38. The molecule has 0 radical (unpaired) electrons. The molecular weight excluding hydrogens is 272 g/mol. The van der Waals surface area contributed by atoms with Crippen LogP contribution in [0.3, 0.4) is 0 Å². The Bertz CT molecular complexity index is 449. The van der Waals surface area contributed by atoms with E-state index in [1.165, 1.54) is 5.56 Å². The Hall–Kier alpha value is -0.560. The Morgan fingerprint density at radius 2 is 2.16 bits per heavy atom. The van der Waals surface area contributed by atoms with E-state index in [-0.39, 0.29) is 4.08 Å². The maximum atomic E-state index is 12.6. The normalized spacial score (nSPS) is 26.9. The molecule has 0 bridgehead atoms. The summed E-state index contributed by atoms with van der Waals surface area (Å²) in [6.45, 7) is 2.19. The number of terminal acetylenes is 1. The first kappa shape index (κ1) is 14.8. The highest BCUT2D eigenvalue weighted by Crippen LogP contribution is 2.49. The molecule has 2 atom stereocenters. The van der Waals surface area contributed by atoms with Crippen LogP contribution >= 0.6 is 11.8 Å². The molecule has 1 aliphatic heterocycles. The van der Waals surface area contributed by atoms with Gasteiger partial charge in [0.15, 0.2) is 4.08 Å². The SMILES string of the molecule is C#Cc1ccc(C2(CCCC)SCCC[S+]2[O-])cc1. The van der Waals surface area contributed by atoms with Crippen LogP contribution in [0.2, 0.25) is 0 Å². The summed E-state index contributed by atoms with van der Waals surface area (Å²) in [4.78, 5) is 0. The van der Waals surface area contributed by atoms with Gasteiger partial charge in [0.1, 0.15) is 5.75 Å². The van der Waals surface area contributed by atoms with E-state index in [9.17, 15) is 4.55 Å². The monoisotopic (exact) mass is 292 g/mol. The van der Waals surface area contributed by atoms with E-state index in [1.54, 1.807) is 0 Å². The van der Waals surface area contributed by atoms with Crippen molar-refractivity contribution in [2.75, 3.05) is 11.5 Å².